The fourth-order valence-electron chi connectivity index (χ4n) is 11.2. The van der Waals surface area contributed by atoms with Crippen molar-refractivity contribution in [1.29, 1.82) is 0 Å². The minimum Gasteiger partial charge on any atom is -0.462 e. The van der Waals surface area contributed by atoms with Crippen LogP contribution in [0.1, 0.15) is 373 Å². The predicted octanol–water partition coefficient (Wildman–Crippen LogP) is 25.3. The van der Waals surface area contributed by atoms with Gasteiger partial charge in [-0.05, 0) is 89.9 Å². The summed E-state index contributed by atoms with van der Waals surface area (Å²) < 4.78 is 33.3. The maximum atomic E-state index is 12.8. The average Bonchev–Trinajstić information content (AvgIpc) is 3.68. The Labute approximate surface area is 551 Å². The number of rotatable bonds is 72. The molecule has 0 saturated carbocycles. The topological polar surface area (TPSA) is 134 Å². The van der Waals surface area contributed by atoms with Gasteiger partial charge in [0.1, 0.15) is 6.61 Å². The van der Waals surface area contributed by atoms with E-state index in [1.165, 1.54) is 270 Å². The molecule has 0 aliphatic carbocycles. The lowest BCUT2D eigenvalue weighted by Gasteiger charge is -2.19. The summed E-state index contributed by atoms with van der Waals surface area (Å²) in [6.45, 7) is 3.68. The zero-order valence-electron chi connectivity index (χ0n) is 58.4. The van der Waals surface area contributed by atoms with Crippen molar-refractivity contribution in [2.75, 3.05) is 26.4 Å². The lowest BCUT2D eigenvalue weighted by Crippen LogP contribution is -2.29. The van der Waals surface area contributed by atoms with Crippen molar-refractivity contribution in [3.63, 3.8) is 0 Å². The second-order valence-corrected chi connectivity index (χ2v) is 26.9. The number of carbonyl (C=O) groups excluding carboxylic acids is 2. The van der Waals surface area contributed by atoms with Crippen LogP contribution >= 0.6 is 7.82 Å². The number of unbranched alkanes of at least 4 members (excludes halogenated alkanes) is 45. The Morgan fingerprint density at radius 3 is 0.921 bits per heavy atom. The van der Waals surface area contributed by atoms with E-state index in [9.17, 15) is 19.0 Å². The van der Waals surface area contributed by atoms with E-state index in [-0.39, 0.29) is 38.6 Å². The highest BCUT2D eigenvalue weighted by atomic mass is 31.2. The fourth-order valence-corrected chi connectivity index (χ4v) is 11.9. The number of allylic oxidation sites excluding steroid dienone is 14. The van der Waals surface area contributed by atoms with Gasteiger partial charge in [-0.2, -0.15) is 0 Å². The summed E-state index contributed by atoms with van der Waals surface area (Å²) in [4.78, 5) is 35.4. The molecule has 0 aliphatic rings. The fraction of sp³-hybridized carbons (Fsp3) is 0.797. The molecule has 0 rings (SSSR count). The Bertz CT molecular complexity index is 1740. The van der Waals surface area contributed by atoms with Crippen LogP contribution in [-0.4, -0.2) is 49.3 Å². The molecule has 2 unspecified atom stereocenters. The minimum absolute atomic E-state index is 0.0537. The molecule has 0 aromatic rings. The largest absolute Gasteiger partial charge is 0.472 e. The van der Waals surface area contributed by atoms with Crippen molar-refractivity contribution >= 4 is 19.8 Å². The van der Waals surface area contributed by atoms with Crippen LogP contribution in [-0.2, 0) is 32.7 Å². The van der Waals surface area contributed by atoms with E-state index in [1.807, 2.05) is 0 Å². The van der Waals surface area contributed by atoms with Gasteiger partial charge in [-0.1, -0.05) is 356 Å². The van der Waals surface area contributed by atoms with Crippen molar-refractivity contribution in [1.82, 2.24) is 0 Å². The van der Waals surface area contributed by atoms with Gasteiger partial charge in [-0.25, -0.2) is 4.57 Å². The second-order valence-electron chi connectivity index (χ2n) is 25.5. The van der Waals surface area contributed by atoms with Crippen molar-refractivity contribution in [2.45, 2.75) is 380 Å². The molecule has 2 atom stereocenters. The summed E-state index contributed by atoms with van der Waals surface area (Å²) >= 11 is 0. The number of hydrogen-bond acceptors (Lipinski definition) is 8. The van der Waals surface area contributed by atoms with Gasteiger partial charge < -0.3 is 20.1 Å². The first-order valence-corrected chi connectivity index (χ1v) is 39.6. The highest BCUT2D eigenvalue weighted by Gasteiger charge is 2.26. The van der Waals surface area contributed by atoms with Gasteiger partial charge in [0.15, 0.2) is 6.10 Å². The van der Waals surface area contributed by atoms with E-state index in [0.29, 0.717) is 6.42 Å². The van der Waals surface area contributed by atoms with Crippen molar-refractivity contribution in [2.24, 2.45) is 5.73 Å². The second kappa shape index (κ2) is 74.2. The Morgan fingerprint density at radius 2 is 0.618 bits per heavy atom. The predicted molar refractivity (Wildman–Crippen MR) is 386 cm³/mol. The van der Waals surface area contributed by atoms with Crippen LogP contribution < -0.4 is 5.73 Å². The number of ether oxygens (including phenoxy) is 2. The smallest absolute Gasteiger partial charge is 0.462 e. The molecule has 89 heavy (non-hydrogen) atoms. The molecule has 0 heterocycles. The Morgan fingerprint density at radius 1 is 0.348 bits per heavy atom. The zero-order valence-corrected chi connectivity index (χ0v) is 59.3. The number of esters is 2. The molecule has 0 fully saturated rings. The van der Waals surface area contributed by atoms with E-state index < -0.39 is 26.5 Å². The first-order valence-electron chi connectivity index (χ1n) is 38.1. The first kappa shape index (κ1) is 86.2. The number of carbonyl (C=O) groups is 2. The van der Waals surface area contributed by atoms with Gasteiger partial charge in [-0.15, -0.1) is 0 Å². The average molecular weight is 1270 g/mol. The summed E-state index contributed by atoms with van der Waals surface area (Å²) in [6.07, 6.45) is 99.9. The summed E-state index contributed by atoms with van der Waals surface area (Å²) in [5.41, 5.74) is 5.41. The van der Waals surface area contributed by atoms with E-state index in [1.54, 1.807) is 0 Å². The Kier molecular flexibility index (Phi) is 71.9. The van der Waals surface area contributed by atoms with Crippen molar-refractivity contribution in [3.8, 4) is 0 Å². The van der Waals surface area contributed by atoms with Crippen LogP contribution in [0.4, 0.5) is 0 Å². The molecular weight excluding hydrogens is 1120 g/mol. The lowest BCUT2D eigenvalue weighted by molar-refractivity contribution is -0.161. The van der Waals surface area contributed by atoms with Crippen LogP contribution in [0.5, 0.6) is 0 Å². The molecule has 10 heteroatoms. The van der Waals surface area contributed by atoms with E-state index >= 15 is 0 Å². The molecule has 0 aromatic heterocycles. The van der Waals surface area contributed by atoms with Gasteiger partial charge in [0, 0.05) is 19.4 Å². The summed E-state index contributed by atoms with van der Waals surface area (Å²) in [7, 11) is -4.40. The molecule has 0 aromatic carbocycles. The number of phosphoric ester groups is 1. The van der Waals surface area contributed by atoms with Crippen LogP contribution in [0.15, 0.2) is 85.1 Å². The third kappa shape index (κ3) is 74.1. The molecule has 0 amide bonds. The standard InChI is InChI=1S/C79H144NO8P/c1-3-5-7-9-11-13-15-17-19-21-23-25-27-29-31-33-35-36-37-38-39-40-42-44-46-48-50-52-54-56-58-60-62-64-66-68-70-72-79(82)88-77(76-87-89(83,84)86-74-73-80)75-85-78(81)71-69-67-65-63-61-59-57-55-53-51-49-47-45-43-41-34-32-30-28-26-24-22-20-18-16-14-12-10-8-6-4-2/h5,7,11,13,16-19,22-25,28,30,77H,3-4,6,8-10,12,14-15,20-21,26-27,29,31-76,80H2,1-2H3,(H,83,84)/b7-5-,13-11-,18-16-,19-17-,24-22-,25-23-,30-28-. The number of phosphoric acid groups is 1. The minimum atomic E-state index is -4.40. The zero-order chi connectivity index (χ0) is 64.4. The first-order chi connectivity index (χ1) is 43.8. The van der Waals surface area contributed by atoms with Gasteiger partial charge in [-0.3, -0.25) is 18.6 Å². The van der Waals surface area contributed by atoms with Crippen LogP contribution in [0.3, 0.4) is 0 Å². The Hall–Kier alpha value is -2.81. The van der Waals surface area contributed by atoms with Crippen LogP contribution in [0.2, 0.25) is 0 Å². The quantitative estimate of drug-likeness (QED) is 0.0264. The molecule has 0 bridgehead atoms. The van der Waals surface area contributed by atoms with Gasteiger partial charge >= 0.3 is 19.8 Å². The van der Waals surface area contributed by atoms with Gasteiger partial charge in [0.25, 0.3) is 0 Å². The lowest BCUT2D eigenvalue weighted by atomic mass is 10.0. The van der Waals surface area contributed by atoms with Crippen LogP contribution in [0.25, 0.3) is 0 Å². The number of hydrogen-bond donors (Lipinski definition) is 2. The van der Waals surface area contributed by atoms with Crippen LogP contribution in [0, 0.1) is 0 Å². The Balaban J connectivity index is 3.80. The monoisotopic (exact) mass is 1270 g/mol. The third-order valence-electron chi connectivity index (χ3n) is 16.8. The highest BCUT2D eigenvalue weighted by Crippen LogP contribution is 2.43. The summed E-state index contributed by atoms with van der Waals surface area (Å²) in [6, 6.07) is 0. The molecule has 9 nitrogen and oxygen atoms in total. The van der Waals surface area contributed by atoms with Crippen molar-refractivity contribution in [3.05, 3.63) is 85.1 Å². The summed E-state index contributed by atoms with van der Waals surface area (Å²) in [5.74, 6) is -0.810. The van der Waals surface area contributed by atoms with E-state index in [4.69, 9.17) is 24.3 Å². The molecular formula is C79H144NO8P. The SMILES string of the molecule is CC/C=C\C/C=C\C/C=C\C/C=C\CCCCCCCCCCCCCCCCCCCCCCCCCCC(=O)OC(COC(=O)CCCCCCCCCCCCCCCCCC/C=C\C/C=C\C/C=C\CCCCCCC)COP(=O)(O)OCCN. The normalized spacial score (nSPS) is 13.3. The van der Waals surface area contributed by atoms with E-state index in [0.717, 1.165) is 70.6 Å². The van der Waals surface area contributed by atoms with Gasteiger partial charge in [0.05, 0.1) is 13.2 Å². The molecule has 0 aliphatic heterocycles. The maximum absolute atomic E-state index is 12.8. The van der Waals surface area contributed by atoms with Crippen molar-refractivity contribution < 1.29 is 37.6 Å². The molecule has 518 valence electrons. The third-order valence-corrected chi connectivity index (χ3v) is 17.7. The molecule has 0 spiro atoms. The molecule has 3 N–H and O–H groups in total. The van der Waals surface area contributed by atoms with Gasteiger partial charge in [0.2, 0.25) is 0 Å². The highest BCUT2D eigenvalue weighted by molar-refractivity contribution is 7.47. The summed E-state index contributed by atoms with van der Waals surface area (Å²) in [5, 5.41) is 0. The molecule has 0 saturated heterocycles. The maximum Gasteiger partial charge on any atom is 0.472 e. The van der Waals surface area contributed by atoms with E-state index in [2.05, 4.69) is 98.9 Å². The number of nitrogens with two attached hydrogens (primary N) is 1. The molecule has 0 radical (unpaired) electrons.